The maximum Gasteiger partial charge on any atom is 0.298 e. The second-order valence-electron chi connectivity index (χ2n) is 5.86. The molecule has 0 bridgehead atoms. The second kappa shape index (κ2) is 5.83. The van der Waals surface area contributed by atoms with E-state index >= 15 is 0 Å². The Morgan fingerprint density at radius 1 is 1.35 bits per heavy atom. The van der Waals surface area contributed by atoms with E-state index in [0.717, 1.165) is 30.2 Å². The van der Waals surface area contributed by atoms with Crippen LogP contribution in [0.1, 0.15) is 33.1 Å². The van der Waals surface area contributed by atoms with Crippen LogP contribution in [0, 0.1) is 0 Å². The predicted octanol–water partition coefficient (Wildman–Crippen LogP) is 3.18. The zero-order chi connectivity index (χ0) is 13.9. The van der Waals surface area contributed by atoms with Crippen LogP contribution in [-0.2, 0) is 0 Å². The molecule has 1 aromatic heterocycles. The Labute approximate surface area is 120 Å². The fraction of sp³-hybridized carbons (Fsp3) is 0.562. The molecule has 1 aliphatic rings. The largest absolute Gasteiger partial charge is 0.423 e. The number of anilines is 1. The van der Waals surface area contributed by atoms with E-state index in [0.29, 0.717) is 12.1 Å². The van der Waals surface area contributed by atoms with Crippen molar-refractivity contribution in [2.45, 2.75) is 45.2 Å². The molecular formula is C16H23N3O. The molecule has 1 N–H and O–H groups in total. The number of nitrogens with one attached hydrogen (secondary N) is 1. The van der Waals surface area contributed by atoms with Crippen molar-refractivity contribution in [3.63, 3.8) is 0 Å². The van der Waals surface area contributed by atoms with Gasteiger partial charge in [-0.2, -0.15) is 4.98 Å². The van der Waals surface area contributed by atoms with E-state index in [1.54, 1.807) is 0 Å². The smallest absolute Gasteiger partial charge is 0.298 e. The van der Waals surface area contributed by atoms with Crippen molar-refractivity contribution in [1.82, 2.24) is 10.3 Å². The Morgan fingerprint density at radius 2 is 2.20 bits per heavy atom. The molecule has 4 heteroatoms. The second-order valence-corrected chi connectivity index (χ2v) is 5.86. The first-order valence-electron chi connectivity index (χ1n) is 7.59. The minimum atomic E-state index is 0.381. The fourth-order valence-corrected chi connectivity index (χ4v) is 2.81. The topological polar surface area (TPSA) is 41.3 Å². The predicted molar refractivity (Wildman–Crippen MR) is 82.1 cm³/mol. The average molecular weight is 273 g/mol. The van der Waals surface area contributed by atoms with Gasteiger partial charge in [-0.05, 0) is 45.4 Å². The van der Waals surface area contributed by atoms with Crippen LogP contribution < -0.4 is 10.2 Å². The van der Waals surface area contributed by atoms with Crippen molar-refractivity contribution in [2.24, 2.45) is 0 Å². The summed E-state index contributed by atoms with van der Waals surface area (Å²) in [4.78, 5) is 6.90. The molecular weight excluding hydrogens is 250 g/mol. The van der Waals surface area contributed by atoms with Gasteiger partial charge in [0.25, 0.3) is 6.01 Å². The molecule has 1 fully saturated rings. The lowest BCUT2D eigenvalue weighted by molar-refractivity contribution is 0.384. The number of hydrogen-bond acceptors (Lipinski definition) is 4. The summed E-state index contributed by atoms with van der Waals surface area (Å²) in [6.45, 7) is 6.48. The number of rotatable bonds is 4. The van der Waals surface area contributed by atoms with E-state index in [2.05, 4.69) is 29.0 Å². The monoisotopic (exact) mass is 273 g/mol. The van der Waals surface area contributed by atoms with E-state index in [1.165, 1.54) is 19.3 Å². The Hall–Kier alpha value is -1.55. The molecule has 2 aromatic rings. The summed E-state index contributed by atoms with van der Waals surface area (Å²) in [5.41, 5.74) is 1.80. The molecule has 0 saturated carbocycles. The average Bonchev–Trinajstić information content (AvgIpc) is 2.89. The summed E-state index contributed by atoms with van der Waals surface area (Å²) in [5.74, 6) is 0. The van der Waals surface area contributed by atoms with Crippen LogP contribution >= 0.6 is 0 Å². The van der Waals surface area contributed by atoms with Crippen LogP contribution in [0.5, 0.6) is 0 Å². The molecule has 1 unspecified atom stereocenters. The lowest BCUT2D eigenvalue weighted by Crippen LogP contribution is -2.46. The lowest BCUT2D eigenvalue weighted by Gasteiger charge is -2.32. The van der Waals surface area contributed by atoms with Crippen molar-refractivity contribution in [3.8, 4) is 0 Å². The summed E-state index contributed by atoms with van der Waals surface area (Å²) < 4.78 is 5.92. The zero-order valence-electron chi connectivity index (χ0n) is 12.3. The van der Waals surface area contributed by atoms with Gasteiger partial charge in [0, 0.05) is 18.6 Å². The van der Waals surface area contributed by atoms with Gasteiger partial charge in [-0.1, -0.05) is 18.6 Å². The van der Waals surface area contributed by atoms with E-state index in [4.69, 9.17) is 4.42 Å². The van der Waals surface area contributed by atoms with Gasteiger partial charge in [0.2, 0.25) is 0 Å². The van der Waals surface area contributed by atoms with Crippen LogP contribution in [-0.4, -0.2) is 30.2 Å². The van der Waals surface area contributed by atoms with Crippen molar-refractivity contribution < 1.29 is 4.42 Å². The van der Waals surface area contributed by atoms with Gasteiger partial charge in [0.05, 0.1) is 0 Å². The third-order valence-corrected chi connectivity index (χ3v) is 3.98. The first-order valence-corrected chi connectivity index (χ1v) is 7.59. The molecule has 108 valence electrons. The number of nitrogens with zero attached hydrogens (tertiary/aromatic N) is 2. The third kappa shape index (κ3) is 2.80. The molecule has 1 aliphatic heterocycles. The number of hydrogen-bond donors (Lipinski definition) is 1. The molecule has 0 radical (unpaired) electrons. The molecule has 1 atom stereocenters. The summed E-state index contributed by atoms with van der Waals surface area (Å²) in [5, 5.41) is 3.60. The highest BCUT2D eigenvalue weighted by atomic mass is 16.4. The number of piperidine rings is 1. The molecule has 0 spiro atoms. The minimum absolute atomic E-state index is 0.381. The molecule has 4 nitrogen and oxygen atoms in total. The molecule has 1 aromatic carbocycles. The van der Waals surface area contributed by atoms with Crippen LogP contribution in [0.15, 0.2) is 28.7 Å². The Morgan fingerprint density at radius 3 is 2.90 bits per heavy atom. The Kier molecular flexibility index (Phi) is 3.92. The molecule has 2 heterocycles. The van der Waals surface area contributed by atoms with Gasteiger partial charge in [-0.25, -0.2) is 0 Å². The van der Waals surface area contributed by atoms with Crippen LogP contribution in [0.25, 0.3) is 11.1 Å². The van der Waals surface area contributed by atoms with Crippen LogP contribution in [0.3, 0.4) is 0 Å². The van der Waals surface area contributed by atoms with Gasteiger partial charge >= 0.3 is 0 Å². The van der Waals surface area contributed by atoms with E-state index in [9.17, 15) is 0 Å². The van der Waals surface area contributed by atoms with Gasteiger partial charge in [-0.15, -0.1) is 0 Å². The highest BCUT2D eigenvalue weighted by molar-refractivity contribution is 5.74. The summed E-state index contributed by atoms with van der Waals surface area (Å²) >= 11 is 0. The SMILES string of the molecule is CC(C)N(CC1CCCCN1)c1nc2ccccc2o1. The zero-order valence-corrected chi connectivity index (χ0v) is 12.3. The first-order chi connectivity index (χ1) is 9.74. The van der Waals surface area contributed by atoms with Crippen LogP contribution in [0.2, 0.25) is 0 Å². The van der Waals surface area contributed by atoms with E-state index in [1.807, 2.05) is 24.3 Å². The number of aromatic nitrogens is 1. The summed E-state index contributed by atoms with van der Waals surface area (Å²) in [6.07, 6.45) is 3.85. The van der Waals surface area contributed by atoms with Crippen molar-refractivity contribution >= 4 is 17.1 Å². The molecule has 20 heavy (non-hydrogen) atoms. The van der Waals surface area contributed by atoms with Crippen molar-refractivity contribution in [1.29, 1.82) is 0 Å². The molecule has 0 amide bonds. The van der Waals surface area contributed by atoms with Crippen molar-refractivity contribution in [2.75, 3.05) is 18.0 Å². The number of oxazole rings is 1. The minimum Gasteiger partial charge on any atom is -0.423 e. The molecule has 0 aliphatic carbocycles. The third-order valence-electron chi connectivity index (χ3n) is 3.98. The number of para-hydroxylation sites is 2. The highest BCUT2D eigenvalue weighted by Gasteiger charge is 2.22. The Bertz CT molecular complexity index is 525. The number of benzene rings is 1. The van der Waals surface area contributed by atoms with Gasteiger partial charge in [0.15, 0.2) is 5.58 Å². The van der Waals surface area contributed by atoms with Gasteiger partial charge in [0.1, 0.15) is 5.52 Å². The van der Waals surface area contributed by atoms with Gasteiger partial charge in [-0.3, -0.25) is 0 Å². The summed E-state index contributed by atoms with van der Waals surface area (Å²) in [7, 11) is 0. The van der Waals surface area contributed by atoms with E-state index < -0.39 is 0 Å². The standard InChI is InChI=1S/C16H23N3O/c1-12(2)19(11-13-7-5-6-10-17-13)16-18-14-8-3-4-9-15(14)20-16/h3-4,8-9,12-13,17H,5-7,10-11H2,1-2H3. The van der Waals surface area contributed by atoms with E-state index in [-0.39, 0.29) is 0 Å². The Balaban J connectivity index is 1.81. The molecule has 1 saturated heterocycles. The number of fused-ring (bicyclic) bond motifs is 1. The van der Waals surface area contributed by atoms with Crippen molar-refractivity contribution in [3.05, 3.63) is 24.3 Å². The van der Waals surface area contributed by atoms with Gasteiger partial charge < -0.3 is 14.6 Å². The quantitative estimate of drug-likeness (QED) is 0.929. The lowest BCUT2D eigenvalue weighted by atomic mass is 10.0. The summed E-state index contributed by atoms with van der Waals surface area (Å²) in [6, 6.07) is 9.63. The maximum atomic E-state index is 5.92. The maximum absolute atomic E-state index is 5.92. The highest BCUT2D eigenvalue weighted by Crippen LogP contribution is 2.24. The van der Waals surface area contributed by atoms with Crippen LogP contribution in [0.4, 0.5) is 6.01 Å². The fourth-order valence-electron chi connectivity index (χ4n) is 2.81. The molecule has 3 rings (SSSR count). The normalized spacial score (nSPS) is 19.6. The first kappa shape index (κ1) is 13.4.